The van der Waals surface area contributed by atoms with Gasteiger partial charge in [-0.15, -0.1) is 11.6 Å². The molecule has 2 aromatic rings. The second kappa shape index (κ2) is 11.2. The summed E-state index contributed by atoms with van der Waals surface area (Å²) in [6, 6.07) is -1.59. The van der Waals surface area contributed by atoms with Gasteiger partial charge in [-0.2, -0.15) is 4.98 Å². The first-order valence-electron chi connectivity index (χ1n) is 10.2. The van der Waals surface area contributed by atoms with E-state index in [-0.39, 0.29) is 48.2 Å². The van der Waals surface area contributed by atoms with Gasteiger partial charge in [0.15, 0.2) is 11.2 Å². The summed E-state index contributed by atoms with van der Waals surface area (Å²) in [4.78, 5) is 47.1. The summed E-state index contributed by atoms with van der Waals surface area (Å²) in [7, 11) is 0. The molecule has 0 bridgehead atoms. The van der Waals surface area contributed by atoms with Crippen molar-refractivity contribution < 1.29 is 19.1 Å². The van der Waals surface area contributed by atoms with Crippen molar-refractivity contribution >= 4 is 40.6 Å². The number of hydrogen-bond acceptors (Lipinski definition) is 9. The minimum atomic E-state index is -0.861. The number of nitrogens with one attached hydrogen (secondary N) is 2. The van der Waals surface area contributed by atoms with Crippen LogP contribution in [0.5, 0.6) is 0 Å². The average molecular weight is 472 g/mol. The first kappa shape index (κ1) is 25.6. The van der Waals surface area contributed by atoms with Gasteiger partial charge in [0.1, 0.15) is 25.5 Å². The molecule has 3 atom stereocenters. The number of rotatable bonds is 11. The van der Waals surface area contributed by atoms with Gasteiger partial charge >= 0.3 is 5.97 Å². The van der Waals surface area contributed by atoms with Crippen LogP contribution in [0.2, 0.25) is 0 Å². The quantitative estimate of drug-likeness (QED) is 0.258. The average Bonchev–Trinajstić information content (AvgIpc) is 3.13. The molecule has 0 aromatic carbocycles. The second-order valence-electron chi connectivity index (χ2n) is 8.04. The van der Waals surface area contributed by atoms with E-state index in [9.17, 15) is 14.4 Å². The minimum absolute atomic E-state index is 0.0347. The monoisotopic (exact) mass is 471 g/mol. The number of nitrogens with zero attached hydrogens (tertiary/aromatic N) is 3. The maximum absolute atomic E-state index is 12.6. The van der Waals surface area contributed by atoms with E-state index in [1.54, 1.807) is 13.8 Å². The van der Waals surface area contributed by atoms with Crippen LogP contribution in [-0.4, -0.2) is 62.1 Å². The third-order valence-electron chi connectivity index (χ3n) is 4.77. The Bertz CT molecular complexity index is 990. The van der Waals surface area contributed by atoms with Gasteiger partial charge in [-0.25, -0.2) is 9.78 Å². The van der Waals surface area contributed by atoms with Gasteiger partial charge in [0, 0.05) is 0 Å². The molecule has 0 aliphatic rings. The first-order valence-corrected chi connectivity index (χ1v) is 10.7. The predicted octanol–water partition coefficient (Wildman–Crippen LogP) is -0.0494. The van der Waals surface area contributed by atoms with E-state index in [4.69, 9.17) is 32.5 Å². The maximum atomic E-state index is 12.6. The molecule has 32 heavy (non-hydrogen) atoms. The van der Waals surface area contributed by atoms with E-state index in [0.717, 1.165) is 0 Å². The lowest BCUT2D eigenvalue weighted by atomic mass is 10.0. The third kappa shape index (κ3) is 6.40. The van der Waals surface area contributed by atoms with Crippen LogP contribution in [0.1, 0.15) is 27.7 Å². The van der Waals surface area contributed by atoms with Crippen LogP contribution >= 0.6 is 11.6 Å². The van der Waals surface area contributed by atoms with Crippen LogP contribution in [0.3, 0.4) is 0 Å². The molecule has 0 aliphatic heterocycles. The van der Waals surface area contributed by atoms with E-state index in [1.807, 2.05) is 13.8 Å². The second-order valence-corrected chi connectivity index (χ2v) is 8.35. The van der Waals surface area contributed by atoms with E-state index >= 15 is 0 Å². The Hall–Kier alpha value is -2.70. The number of fused-ring (bicyclic) bond motifs is 1. The number of alkyl halides is 1. The molecule has 2 aromatic heterocycles. The number of amides is 1. The Balaban J connectivity index is 1.96. The fraction of sp³-hybridized carbons (Fsp3) is 0.632. The minimum Gasteiger partial charge on any atom is -0.461 e. The summed E-state index contributed by atoms with van der Waals surface area (Å²) < 4.78 is 12.5. The Morgan fingerprint density at radius 2 is 1.97 bits per heavy atom. The van der Waals surface area contributed by atoms with E-state index in [1.165, 1.54) is 10.9 Å². The molecular weight excluding hydrogens is 442 g/mol. The van der Waals surface area contributed by atoms with Crippen molar-refractivity contribution in [2.24, 2.45) is 17.6 Å². The summed E-state index contributed by atoms with van der Waals surface area (Å²) in [6.45, 7) is 7.02. The Morgan fingerprint density at radius 1 is 1.28 bits per heavy atom. The summed E-state index contributed by atoms with van der Waals surface area (Å²) in [5, 5.41) is 2.65. The van der Waals surface area contributed by atoms with E-state index in [2.05, 4.69) is 20.3 Å². The van der Waals surface area contributed by atoms with Crippen molar-refractivity contribution in [3.05, 3.63) is 16.7 Å². The number of halogens is 1. The fourth-order valence-electron chi connectivity index (χ4n) is 2.70. The molecule has 2 heterocycles. The van der Waals surface area contributed by atoms with Crippen molar-refractivity contribution in [3.63, 3.8) is 0 Å². The third-order valence-corrected chi connectivity index (χ3v) is 5.11. The van der Waals surface area contributed by atoms with Gasteiger partial charge in [0.25, 0.3) is 5.56 Å². The molecule has 13 heteroatoms. The number of anilines is 1. The zero-order valence-corrected chi connectivity index (χ0v) is 19.3. The highest BCUT2D eigenvalue weighted by molar-refractivity contribution is 6.18. The molecule has 178 valence electrons. The zero-order chi connectivity index (χ0) is 24.0. The zero-order valence-electron chi connectivity index (χ0n) is 18.5. The SMILES string of the molecule is CC(C)[C@@H](N)C(=O)N[C@@H](C(=O)OCC(CCl)OCn1cnc2c(=O)[nH]c(N)nc21)C(C)C. The maximum Gasteiger partial charge on any atom is 0.328 e. The summed E-state index contributed by atoms with van der Waals surface area (Å²) in [5.74, 6) is -1.34. The lowest BCUT2D eigenvalue weighted by Gasteiger charge is -2.25. The number of carbonyl (C=O) groups excluding carboxylic acids is 2. The smallest absolute Gasteiger partial charge is 0.328 e. The molecule has 6 N–H and O–H groups in total. The van der Waals surface area contributed by atoms with Crippen LogP contribution in [0.15, 0.2) is 11.1 Å². The first-order chi connectivity index (χ1) is 15.0. The fourth-order valence-corrected chi connectivity index (χ4v) is 2.88. The van der Waals surface area contributed by atoms with Gasteiger partial charge in [0.2, 0.25) is 11.9 Å². The molecule has 1 unspecified atom stereocenters. The normalized spacial score (nSPS) is 14.5. The van der Waals surface area contributed by atoms with Gasteiger partial charge in [-0.1, -0.05) is 27.7 Å². The van der Waals surface area contributed by atoms with Crippen molar-refractivity contribution in [1.82, 2.24) is 24.8 Å². The molecule has 2 rings (SSSR count). The van der Waals surface area contributed by atoms with Crippen molar-refractivity contribution in [2.45, 2.75) is 52.6 Å². The number of nitrogens with two attached hydrogens (primary N) is 2. The number of carbonyl (C=O) groups is 2. The lowest BCUT2D eigenvalue weighted by molar-refractivity contribution is -0.153. The van der Waals surface area contributed by atoms with Gasteiger partial charge < -0.3 is 26.3 Å². The molecule has 0 spiro atoms. The number of nitrogen functional groups attached to an aromatic ring is 1. The molecular formula is C19H30ClN7O5. The van der Waals surface area contributed by atoms with Crippen molar-refractivity contribution in [2.75, 3.05) is 18.2 Å². The summed E-state index contributed by atoms with van der Waals surface area (Å²) in [6.07, 6.45) is 0.727. The molecule has 12 nitrogen and oxygen atoms in total. The molecule has 0 saturated heterocycles. The highest BCUT2D eigenvalue weighted by Crippen LogP contribution is 2.10. The number of hydrogen-bond donors (Lipinski definition) is 4. The highest BCUT2D eigenvalue weighted by Gasteiger charge is 2.29. The van der Waals surface area contributed by atoms with E-state index in [0.29, 0.717) is 0 Å². The van der Waals surface area contributed by atoms with Crippen LogP contribution < -0.4 is 22.3 Å². The van der Waals surface area contributed by atoms with Crippen molar-refractivity contribution in [1.29, 1.82) is 0 Å². The summed E-state index contributed by atoms with van der Waals surface area (Å²) in [5.41, 5.74) is 11.3. The number of ether oxygens (including phenoxy) is 2. The Morgan fingerprint density at radius 3 is 2.56 bits per heavy atom. The molecule has 0 saturated carbocycles. The molecule has 0 aliphatic carbocycles. The largest absolute Gasteiger partial charge is 0.461 e. The predicted molar refractivity (Wildman–Crippen MR) is 119 cm³/mol. The van der Waals surface area contributed by atoms with Crippen LogP contribution in [0.4, 0.5) is 5.95 Å². The van der Waals surface area contributed by atoms with Crippen LogP contribution in [0, 0.1) is 11.8 Å². The number of imidazole rings is 1. The Kier molecular flexibility index (Phi) is 8.99. The number of H-pyrrole nitrogens is 1. The van der Waals surface area contributed by atoms with Gasteiger partial charge in [0.05, 0.1) is 18.2 Å². The topological polar surface area (TPSA) is 180 Å². The van der Waals surface area contributed by atoms with Gasteiger partial charge in [-0.05, 0) is 11.8 Å². The van der Waals surface area contributed by atoms with Crippen molar-refractivity contribution in [3.8, 4) is 0 Å². The highest BCUT2D eigenvalue weighted by atomic mass is 35.5. The molecule has 0 fully saturated rings. The summed E-state index contributed by atoms with van der Waals surface area (Å²) >= 11 is 5.94. The standard InChI is InChI=1S/C19H30ClN7O5/c1-9(2)12(21)16(28)24-13(10(3)4)18(30)31-6-11(5-20)32-8-27-7-23-14-15(27)25-19(22)26-17(14)29/h7,9-13H,5-6,8,21H2,1-4H3,(H,24,28)(H3,22,25,26,29)/t11?,12-,13-/m1/s1. The molecule has 0 radical (unpaired) electrons. The number of esters is 1. The Labute approximate surface area is 190 Å². The van der Waals surface area contributed by atoms with Crippen LogP contribution in [-0.2, 0) is 25.8 Å². The van der Waals surface area contributed by atoms with E-state index < -0.39 is 35.6 Å². The molecule has 1 amide bonds. The van der Waals surface area contributed by atoms with Crippen LogP contribution in [0.25, 0.3) is 11.2 Å². The number of aromatic nitrogens is 4. The van der Waals surface area contributed by atoms with Gasteiger partial charge in [-0.3, -0.25) is 19.1 Å². The lowest BCUT2D eigenvalue weighted by Crippen LogP contribution is -2.52. The number of aromatic amines is 1.